The SMILES string of the molecule is O=C1C2CC=Cc3cccc(c32)C1(c1ccc(O)cc1)c1ccc(O)cc1. The first-order valence-electron chi connectivity index (χ1n) is 9.05. The van der Waals surface area contributed by atoms with Crippen molar-refractivity contribution in [2.45, 2.75) is 17.8 Å². The van der Waals surface area contributed by atoms with Crippen molar-refractivity contribution in [3.8, 4) is 11.5 Å². The van der Waals surface area contributed by atoms with E-state index in [0.29, 0.717) is 6.42 Å². The van der Waals surface area contributed by atoms with Crippen LogP contribution in [0.25, 0.3) is 6.08 Å². The third-order valence-electron chi connectivity index (χ3n) is 5.85. The lowest BCUT2D eigenvalue weighted by atomic mass is 9.69. The van der Waals surface area contributed by atoms with Crippen molar-refractivity contribution >= 4 is 11.9 Å². The molecule has 0 aliphatic heterocycles. The Morgan fingerprint density at radius 2 is 1.41 bits per heavy atom. The van der Waals surface area contributed by atoms with Gasteiger partial charge in [0.25, 0.3) is 0 Å². The molecule has 0 spiro atoms. The molecule has 0 fully saturated rings. The Morgan fingerprint density at radius 3 is 2.00 bits per heavy atom. The van der Waals surface area contributed by atoms with Gasteiger partial charge in [-0.1, -0.05) is 54.6 Å². The molecule has 3 heteroatoms. The first kappa shape index (κ1) is 15.9. The van der Waals surface area contributed by atoms with Crippen LogP contribution in [-0.4, -0.2) is 16.0 Å². The molecule has 2 N–H and O–H groups in total. The molecule has 1 unspecified atom stereocenters. The third kappa shape index (κ3) is 2.05. The second-order valence-corrected chi connectivity index (χ2v) is 7.21. The maximum Gasteiger partial charge on any atom is 0.160 e. The summed E-state index contributed by atoms with van der Waals surface area (Å²) in [4.78, 5) is 13.9. The topological polar surface area (TPSA) is 57.5 Å². The molecule has 2 aliphatic carbocycles. The summed E-state index contributed by atoms with van der Waals surface area (Å²) in [6, 6.07) is 19.9. The normalized spacial score (nSPS) is 19.1. The number of carbonyl (C=O) groups is 1. The maximum absolute atomic E-state index is 13.9. The molecule has 0 saturated carbocycles. The Kier molecular flexibility index (Phi) is 3.28. The summed E-state index contributed by atoms with van der Waals surface area (Å²) in [5.41, 5.74) is 3.92. The summed E-state index contributed by atoms with van der Waals surface area (Å²) in [6.45, 7) is 0. The van der Waals surface area contributed by atoms with Gasteiger partial charge < -0.3 is 10.2 Å². The second kappa shape index (κ2) is 5.58. The first-order chi connectivity index (χ1) is 13.1. The number of allylic oxidation sites excluding steroid dienone is 1. The van der Waals surface area contributed by atoms with Crippen LogP contribution in [0.5, 0.6) is 11.5 Å². The number of hydrogen-bond acceptors (Lipinski definition) is 3. The van der Waals surface area contributed by atoms with Crippen LogP contribution in [0.1, 0.15) is 40.2 Å². The van der Waals surface area contributed by atoms with Crippen LogP contribution in [-0.2, 0) is 10.2 Å². The largest absolute Gasteiger partial charge is 0.508 e. The lowest BCUT2D eigenvalue weighted by Crippen LogP contribution is -2.36. The van der Waals surface area contributed by atoms with Gasteiger partial charge in [-0.3, -0.25) is 4.79 Å². The number of phenols is 2. The average Bonchev–Trinajstić information content (AvgIpc) is 2.95. The van der Waals surface area contributed by atoms with E-state index in [2.05, 4.69) is 18.2 Å². The van der Waals surface area contributed by atoms with Gasteiger partial charge in [0.15, 0.2) is 5.78 Å². The van der Waals surface area contributed by atoms with E-state index in [-0.39, 0.29) is 23.2 Å². The van der Waals surface area contributed by atoms with Crippen molar-refractivity contribution in [1.29, 1.82) is 0 Å². The highest BCUT2D eigenvalue weighted by atomic mass is 16.3. The molecule has 0 amide bonds. The van der Waals surface area contributed by atoms with Gasteiger partial charge in [-0.25, -0.2) is 0 Å². The van der Waals surface area contributed by atoms with Crippen molar-refractivity contribution in [1.82, 2.24) is 0 Å². The molecule has 0 aromatic heterocycles. The summed E-state index contributed by atoms with van der Waals surface area (Å²) in [5, 5.41) is 19.6. The second-order valence-electron chi connectivity index (χ2n) is 7.21. The van der Waals surface area contributed by atoms with Gasteiger partial charge in [0.05, 0.1) is 0 Å². The number of benzene rings is 3. The van der Waals surface area contributed by atoms with Crippen molar-refractivity contribution in [3.05, 3.63) is 101 Å². The highest BCUT2D eigenvalue weighted by molar-refractivity contribution is 6.07. The molecule has 3 aromatic rings. The zero-order chi connectivity index (χ0) is 18.6. The number of hydrogen-bond donors (Lipinski definition) is 2. The number of rotatable bonds is 2. The van der Waals surface area contributed by atoms with E-state index in [1.165, 1.54) is 0 Å². The molecule has 0 radical (unpaired) electrons. The van der Waals surface area contributed by atoms with Gasteiger partial charge in [0.1, 0.15) is 16.9 Å². The molecule has 0 heterocycles. The fraction of sp³-hybridized carbons (Fsp3) is 0.125. The highest BCUT2D eigenvalue weighted by Gasteiger charge is 2.54. The fourth-order valence-electron chi connectivity index (χ4n) is 4.71. The van der Waals surface area contributed by atoms with Crippen molar-refractivity contribution in [2.24, 2.45) is 0 Å². The standard InChI is InChI=1S/C24H18O3/c25-18-11-7-16(8-12-18)24(17-9-13-19(26)14-10-17)21-6-2-4-15-3-1-5-20(22(15)21)23(24)27/h1-4,6-14,20,25-26H,5H2. The van der Waals surface area contributed by atoms with E-state index in [1.54, 1.807) is 24.3 Å². The number of phenolic OH excluding ortho intramolecular Hbond substituents is 2. The van der Waals surface area contributed by atoms with E-state index < -0.39 is 5.41 Å². The number of aromatic hydroxyl groups is 2. The Morgan fingerprint density at radius 1 is 0.815 bits per heavy atom. The van der Waals surface area contributed by atoms with Gasteiger partial charge in [-0.2, -0.15) is 0 Å². The van der Waals surface area contributed by atoms with Crippen LogP contribution in [0.2, 0.25) is 0 Å². The predicted octanol–water partition coefficient (Wildman–Crippen LogP) is 4.52. The Bertz CT molecular complexity index is 1030. The fourth-order valence-corrected chi connectivity index (χ4v) is 4.71. The van der Waals surface area contributed by atoms with E-state index in [9.17, 15) is 15.0 Å². The lowest BCUT2D eigenvalue weighted by molar-refractivity contribution is -0.122. The molecule has 2 aliphatic rings. The van der Waals surface area contributed by atoms with Gasteiger partial charge >= 0.3 is 0 Å². The van der Waals surface area contributed by atoms with Gasteiger partial charge in [-0.05, 0) is 58.5 Å². The predicted molar refractivity (Wildman–Crippen MR) is 104 cm³/mol. The van der Waals surface area contributed by atoms with Gasteiger partial charge in [0.2, 0.25) is 0 Å². The number of ketones is 1. The Labute approximate surface area is 157 Å². The van der Waals surface area contributed by atoms with Crippen molar-refractivity contribution in [3.63, 3.8) is 0 Å². The molecular formula is C24H18O3. The summed E-state index contributed by atoms with van der Waals surface area (Å²) in [7, 11) is 0. The summed E-state index contributed by atoms with van der Waals surface area (Å²) in [6.07, 6.45) is 4.85. The van der Waals surface area contributed by atoms with Gasteiger partial charge in [-0.15, -0.1) is 0 Å². The molecule has 5 rings (SSSR count). The van der Waals surface area contributed by atoms with Crippen LogP contribution < -0.4 is 0 Å². The minimum absolute atomic E-state index is 0.144. The lowest BCUT2D eigenvalue weighted by Gasteiger charge is -2.31. The Hall–Kier alpha value is -3.33. The molecule has 0 saturated heterocycles. The number of Topliss-reactive ketones (excluding diaryl/α,β-unsaturated/α-hetero) is 1. The quantitative estimate of drug-likeness (QED) is 0.712. The molecule has 1 atom stereocenters. The smallest absolute Gasteiger partial charge is 0.160 e. The van der Waals surface area contributed by atoms with E-state index in [0.717, 1.165) is 27.8 Å². The van der Waals surface area contributed by atoms with E-state index in [1.807, 2.05) is 36.4 Å². The highest BCUT2D eigenvalue weighted by Crippen LogP contribution is 2.54. The minimum atomic E-state index is -0.941. The molecule has 0 bridgehead atoms. The average molecular weight is 354 g/mol. The van der Waals surface area contributed by atoms with Crippen LogP contribution in [0.3, 0.4) is 0 Å². The van der Waals surface area contributed by atoms with Crippen LogP contribution in [0.4, 0.5) is 0 Å². The maximum atomic E-state index is 13.9. The zero-order valence-electron chi connectivity index (χ0n) is 14.6. The molecule has 3 aromatic carbocycles. The molecular weight excluding hydrogens is 336 g/mol. The van der Waals surface area contributed by atoms with E-state index in [4.69, 9.17) is 0 Å². The molecule has 132 valence electrons. The first-order valence-corrected chi connectivity index (χ1v) is 9.05. The van der Waals surface area contributed by atoms with Crippen LogP contribution in [0.15, 0.2) is 72.8 Å². The summed E-state index contributed by atoms with van der Waals surface area (Å²) < 4.78 is 0. The summed E-state index contributed by atoms with van der Waals surface area (Å²) in [5.74, 6) is 0.303. The molecule has 27 heavy (non-hydrogen) atoms. The summed E-state index contributed by atoms with van der Waals surface area (Å²) >= 11 is 0. The zero-order valence-corrected chi connectivity index (χ0v) is 14.6. The molecule has 3 nitrogen and oxygen atoms in total. The van der Waals surface area contributed by atoms with E-state index >= 15 is 0 Å². The monoisotopic (exact) mass is 354 g/mol. The minimum Gasteiger partial charge on any atom is -0.508 e. The van der Waals surface area contributed by atoms with Crippen LogP contribution >= 0.6 is 0 Å². The Balaban J connectivity index is 1.88. The van der Waals surface area contributed by atoms with Gasteiger partial charge in [0, 0.05) is 5.92 Å². The van der Waals surface area contributed by atoms with Crippen molar-refractivity contribution in [2.75, 3.05) is 0 Å². The van der Waals surface area contributed by atoms with Crippen LogP contribution in [0, 0.1) is 0 Å². The third-order valence-corrected chi connectivity index (χ3v) is 5.85. The van der Waals surface area contributed by atoms with Crippen molar-refractivity contribution < 1.29 is 15.0 Å². The number of carbonyl (C=O) groups excluding carboxylic acids is 1.